The summed E-state index contributed by atoms with van der Waals surface area (Å²) >= 11 is 5.76. The summed E-state index contributed by atoms with van der Waals surface area (Å²) in [5, 5.41) is 12.2. The zero-order chi connectivity index (χ0) is 13.1. The van der Waals surface area contributed by atoms with Gasteiger partial charge in [0.05, 0.1) is 0 Å². The van der Waals surface area contributed by atoms with Crippen molar-refractivity contribution in [2.75, 3.05) is 10.6 Å². The van der Waals surface area contributed by atoms with Crippen molar-refractivity contribution in [2.24, 2.45) is 0 Å². The third kappa shape index (κ3) is 2.98. The predicted molar refractivity (Wildman–Crippen MR) is 70.0 cm³/mol. The lowest BCUT2D eigenvalue weighted by Crippen LogP contribution is -2.20. The van der Waals surface area contributed by atoms with Crippen molar-refractivity contribution < 1.29 is 4.79 Å². The Labute approximate surface area is 109 Å². The third-order valence-corrected chi connectivity index (χ3v) is 2.47. The van der Waals surface area contributed by atoms with Crippen LogP contribution in [0.4, 0.5) is 16.3 Å². The second-order valence-electron chi connectivity index (χ2n) is 3.84. The number of aromatic nitrogens is 3. The van der Waals surface area contributed by atoms with Crippen molar-refractivity contribution in [3.63, 3.8) is 0 Å². The molecule has 0 unspecified atom stereocenters. The van der Waals surface area contributed by atoms with E-state index in [1.165, 1.54) is 0 Å². The Balaban J connectivity index is 2.05. The van der Waals surface area contributed by atoms with E-state index >= 15 is 0 Å². The van der Waals surface area contributed by atoms with Crippen molar-refractivity contribution in [3.8, 4) is 0 Å². The number of urea groups is 1. The number of aromatic amines is 1. The fourth-order valence-corrected chi connectivity index (χ4v) is 1.54. The Morgan fingerprint density at radius 1 is 1.33 bits per heavy atom. The number of H-pyrrole nitrogens is 1. The van der Waals surface area contributed by atoms with Crippen LogP contribution < -0.4 is 10.6 Å². The smallest absolute Gasteiger partial charge is 0.307 e. The van der Waals surface area contributed by atoms with Gasteiger partial charge < -0.3 is 5.32 Å². The Kier molecular flexibility index (Phi) is 3.47. The standard InChI is InChI=1S/C11H12ClN5O/c1-6-5-13-9(12)4-8(6)14-11(18)15-10-3-7(2)16-17-10/h3-5H,1-2H3,(H3,13,14,15,16,17,18). The molecular weight excluding hydrogens is 254 g/mol. The molecule has 0 spiro atoms. The summed E-state index contributed by atoms with van der Waals surface area (Å²) < 4.78 is 0. The molecule has 18 heavy (non-hydrogen) atoms. The van der Waals surface area contributed by atoms with Crippen molar-refractivity contribution in [1.29, 1.82) is 0 Å². The average molecular weight is 266 g/mol. The van der Waals surface area contributed by atoms with E-state index in [9.17, 15) is 4.79 Å². The molecular formula is C11H12ClN5O. The van der Waals surface area contributed by atoms with Gasteiger partial charge in [0.1, 0.15) is 5.15 Å². The van der Waals surface area contributed by atoms with Crippen LogP contribution in [-0.2, 0) is 0 Å². The number of amides is 2. The van der Waals surface area contributed by atoms with Crippen LogP contribution in [0.25, 0.3) is 0 Å². The number of anilines is 2. The SMILES string of the molecule is Cc1cc(NC(=O)Nc2cc(Cl)ncc2C)n[nH]1. The van der Waals surface area contributed by atoms with Crippen LogP contribution in [-0.4, -0.2) is 21.2 Å². The van der Waals surface area contributed by atoms with Gasteiger partial charge in [0, 0.05) is 23.6 Å². The molecule has 2 aromatic heterocycles. The Hall–Kier alpha value is -2.08. The topological polar surface area (TPSA) is 82.7 Å². The van der Waals surface area contributed by atoms with E-state index in [4.69, 9.17) is 11.6 Å². The van der Waals surface area contributed by atoms with Crippen molar-refractivity contribution in [2.45, 2.75) is 13.8 Å². The maximum Gasteiger partial charge on any atom is 0.324 e. The zero-order valence-electron chi connectivity index (χ0n) is 9.91. The van der Waals surface area contributed by atoms with E-state index in [0.29, 0.717) is 16.7 Å². The number of pyridine rings is 1. The molecule has 0 atom stereocenters. The first-order valence-corrected chi connectivity index (χ1v) is 5.64. The fourth-order valence-electron chi connectivity index (χ4n) is 1.38. The highest BCUT2D eigenvalue weighted by Crippen LogP contribution is 2.17. The summed E-state index contributed by atoms with van der Waals surface area (Å²) in [6.45, 7) is 3.68. The van der Waals surface area contributed by atoms with Gasteiger partial charge >= 0.3 is 6.03 Å². The lowest BCUT2D eigenvalue weighted by atomic mass is 10.2. The Morgan fingerprint density at radius 2 is 2.11 bits per heavy atom. The summed E-state index contributed by atoms with van der Waals surface area (Å²) in [5.74, 6) is 0.461. The molecule has 0 aliphatic carbocycles. The van der Waals surface area contributed by atoms with Crippen molar-refractivity contribution in [3.05, 3.63) is 34.7 Å². The van der Waals surface area contributed by atoms with Gasteiger partial charge in [0.25, 0.3) is 0 Å². The molecule has 6 nitrogen and oxygen atoms in total. The second-order valence-corrected chi connectivity index (χ2v) is 4.22. The normalized spacial score (nSPS) is 10.2. The minimum Gasteiger partial charge on any atom is -0.307 e. The average Bonchev–Trinajstić information content (AvgIpc) is 2.69. The van der Waals surface area contributed by atoms with E-state index in [0.717, 1.165) is 11.3 Å². The third-order valence-electron chi connectivity index (χ3n) is 2.27. The first kappa shape index (κ1) is 12.4. The molecule has 0 saturated carbocycles. The van der Waals surface area contributed by atoms with Crippen LogP contribution in [0, 0.1) is 13.8 Å². The molecule has 0 aliphatic heterocycles. The fraction of sp³-hybridized carbons (Fsp3) is 0.182. The second kappa shape index (κ2) is 5.05. The predicted octanol–water partition coefficient (Wildman–Crippen LogP) is 2.72. The first-order chi connectivity index (χ1) is 8.54. The highest BCUT2D eigenvalue weighted by Gasteiger charge is 2.07. The maximum atomic E-state index is 11.7. The maximum absolute atomic E-state index is 11.7. The molecule has 0 radical (unpaired) electrons. The number of hydrogen-bond donors (Lipinski definition) is 3. The van der Waals surface area contributed by atoms with Crippen molar-refractivity contribution >= 4 is 29.1 Å². The number of rotatable bonds is 2. The summed E-state index contributed by atoms with van der Waals surface area (Å²) in [6.07, 6.45) is 1.59. The minimum atomic E-state index is -0.383. The molecule has 7 heteroatoms. The van der Waals surface area contributed by atoms with E-state index in [1.54, 1.807) is 18.3 Å². The lowest BCUT2D eigenvalue weighted by Gasteiger charge is -2.08. The first-order valence-electron chi connectivity index (χ1n) is 5.27. The van der Waals surface area contributed by atoms with Gasteiger partial charge in [-0.3, -0.25) is 10.4 Å². The number of nitrogens with zero attached hydrogens (tertiary/aromatic N) is 2. The lowest BCUT2D eigenvalue weighted by molar-refractivity contribution is 0.262. The molecule has 2 heterocycles. The molecule has 0 aliphatic rings. The molecule has 2 aromatic rings. The number of nitrogens with one attached hydrogen (secondary N) is 3. The highest BCUT2D eigenvalue weighted by atomic mass is 35.5. The summed E-state index contributed by atoms with van der Waals surface area (Å²) in [6, 6.07) is 2.94. The molecule has 0 aromatic carbocycles. The molecule has 0 fully saturated rings. The van der Waals surface area contributed by atoms with Gasteiger partial charge in [-0.15, -0.1) is 0 Å². The molecule has 94 valence electrons. The molecule has 0 bridgehead atoms. The van der Waals surface area contributed by atoms with Crippen molar-refractivity contribution in [1.82, 2.24) is 15.2 Å². The molecule has 3 N–H and O–H groups in total. The quantitative estimate of drug-likeness (QED) is 0.730. The Bertz CT molecular complexity index is 581. The summed E-state index contributed by atoms with van der Waals surface area (Å²) in [5.41, 5.74) is 2.31. The van der Waals surface area contributed by atoms with Crippen LogP contribution in [0.1, 0.15) is 11.3 Å². The van der Waals surface area contributed by atoms with Gasteiger partial charge in [-0.25, -0.2) is 9.78 Å². The molecule has 2 rings (SSSR count). The summed E-state index contributed by atoms with van der Waals surface area (Å²) in [4.78, 5) is 15.6. The van der Waals surface area contributed by atoms with Crippen LogP contribution in [0.15, 0.2) is 18.3 Å². The number of carbonyl (C=O) groups excluding carboxylic acids is 1. The minimum absolute atomic E-state index is 0.325. The van der Waals surface area contributed by atoms with E-state index < -0.39 is 0 Å². The van der Waals surface area contributed by atoms with E-state index in [1.807, 2.05) is 13.8 Å². The van der Waals surface area contributed by atoms with Gasteiger partial charge in [0.2, 0.25) is 0 Å². The zero-order valence-corrected chi connectivity index (χ0v) is 10.7. The van der Waals surface area contributed by atoms with Gasteiger partial charge in [-0.2, -0.15) is 5.10 Å². The van der Waals surface area contributed by atoms with Gasteiger partial charge in [-0.1, -0.05) is 11.6 Å². The molecule has 0 saturated heterocycles. The van der Waals surface area contributed by atoms with Gasteiger partial charge in [0.15, 0.2) is 5.82 Å². The van der Waals surface area contributed by atoms with Crippen LogP contribution in [0.2, 0.25) is 5.15 Å². The number of halogens is 1. The van der Waals surface area contributed by atoms with Crippen LogP contribution in [0.5, 0.6) is 0 Å². The molecule has 2 amide bonds. The number of hydrogen-bond acceptors (Lipinski definition) is 3. The van der Waals surface area contributed by atoms with Crippen LogP contribution in [0.3, 0.4) is 0 Å². The monoisotopic (exact) mass is 265 g/mol. The Morgan fingerprint density at radius 3 is 2.78 bits per heavy atom. The number of aryl methyl sites for hydroxylation is 2. The highest BCUT2D eigenvalue weighted by molar-refractivity contribution is 6.29. The van der Waals surface area contributed by atoms with E-state index in [2.05, 4.69) is 25.8 Å². The van der Waals surface area contributed by atoms with Crippen LogP contribution >= 0.6 is 11.6 Å². The largest absolute Gasteiger partial charge is 0.324 e. The summed E-state index contributed by atoms with van der Waals surface area (Å²) in [7, 11) is 0. The van der Waals surface area contributed by atoms with Gasteiger partial charge in [-0.05, 0) is 25.5 Å². The van der Waals surface area contributed by atoms with E-state index in [-0.39, 0.29) is 6.03 Å². The number of carbonyl (C=O) groups is 1.